The molecule has 2 rings (SSSR count). The summed E-state index contributed by atoms with van der Waals surface area (Å²) in [5.41, 5.74) is 0. The fourth-order valence-electron chi connectivity index (χ4n) is 2.59. The van der Waals surface area contributed by atoms with Gasteiger partial charge in [0.1, 0.15) is 5.01 Å². The number of hydrogen-bond acceptors (Lipinski definition) is 5. The first kappa shape index (κ1) is 17.7. The van der Waals surface area contributed by atoms with Crippen LogP contribution in [0.15, 0.2) is 0 Å². The Labute approximate surface area is 141 Å². The number of urea groups is 1. The van der Waals surface area contributed by atoms with Gasteiger partial charge in [-0.3, -0.25) is 4.79 Å². The summed E-state index contributed by atoms with van der Waals surface area (Å²) < 4.78 is 0. The summed E-state index contributed by atoms with van der Waals surface area (Å²) in [6.07, 6.45) is 4.73. The van der Waals surface area contributed by atoms with Crippen molar-refractivity contribution in [2.75, 3.05) is 32.5 Å². The number of anilines is 1. The Bertz CT molecular complexity index is 546. The third-order valence-corrected chi connectivity index (χ3v) is 4.78. The second-order valence-corrected chi connectivity index (χ2v) is 7.12. The van der Waals surface area contributed by atoms with Crippen LogP contribution in [0.5, 0.6) is 0 Å². The average Bonchev–Trinajstić information content (AvgIpc) is 2.99. The summed E-state index contributed by atoms with van der Waals surface area (Å²) in [7, 11) is 3.45. The molecule has 128 valence electrons. The first-order valence-electron chi connectivity index (χ1n) is 8.10. The van der Waals surface area contributed by atoms with Crippen LogP contribution in [-0.2, 0) is 11.2 Å². The lowest BCUT2D eigenvalue weighted by atomic mass is 9.97. The highest BCUT2D eigenvalue weighted by molar-refractivity contribution is 7.15. The Kier molecular flexibility index (Phi) is 6.32. The van der Waals surface area contributed by atoms with E-state index in [1.54, 1.807) is 23.9 Å². The van der Waals surface area contributed by atoms with Crippen LogP contribution in [0.3, 0.4) is 0 Å². The normalized spacial score (nSPS) is 17.9. The highest BCUT2D eigenvalue weighted by atomic mass is 32.1. The minimum Gasteiger partial charge on any atom is -0.331 e. The Morgan fingerprint density at radius 2 is 2.17 bits per heavy atom. The molecule has 1 fully saturated rings. The van der Waals surface area contributed by atoms with E-state index in [0.717, 1.165) is 37.1 Å². The van der Waals surface area contributed by atoms with Crippen molar-refractivity contribution < 1.29 is 9.59 Å². The number of carbonyl (C=O) groups excluding carboxylic acids is 2. The van der Waals surface area contributed by atoms with Crippen LogP contribution in [0.1, 0.15) is 37.6 Å². The zero-order chi connectivity index (χ0) is 16.8. The Morgan fingerprint density at radius 3 is 2.87 bits per heavy atom. The number of hydrogen-bond donors (Lipinski definition) is 1. The largest absolute Gasteiger partial charge is 0.331 e. The van der Waals surface area contributed by atoms with E-state index in [2.05, 4.69) is 22.4 Å². The summed E-state index contributed by atoms with van der Waals surface area (Å²) in [4.78, 5) is 27.7. The quantitative estimate of drug-likeness (QED) is 0.892. The first-order valence-corrected chi connectivity index (χ1v) is 8.92. The number of nitrogens with one attached hydrogen (secondary N) is 1. The van der Waals surface area contributed by atoms with Crippen LogP contribution in [-0.4, -0.2) is 59.1 Å². The summed E-state index contributed by atoms with van der Waals surface area (Å²) >= 11 is 1.43. The Hall–Kier alpha value is -1.70. The lowest BCUT2D eigenvalue weighted by molar-refractivity contribution is -0.121. The number of rotatable bonds is 5. The third kappa shape index (κ3) is 4.89. The molecule has 1 aromatic rings. The first-order chi connectivity index (χ1) is 11.0. The molecule has 3 amide bonds. The molecule has 0 radical (unpaired) electrons. The Balaban J connectivity index is 1.89. The molecule has 1 aliphatic rings. The zero-order valence-corrected chi connectivity index (χ0v) is 14.9. The van der Waals surface area contributed by atoms with E-state index in [-0.39, 0.29) is 17.9 Å². The fraction of sp³-hybridized carbons (Fsp3) is 0.733. The van der Waals surface area contributed by atoms with Crippen molar-refractivity contribution in [3.8, 4) is 0 Å². The number of piperidine rings is 1. The van der Waals surface area contributed by atoms with Gasteiger partial charge in [-0.2, -0.15) is 0 Å². The molecular formula is C15H25N5O2S. The van der Waals surface area contributed by atoms with Gasteiger partial charge in [0.2, 0.25) is 11.0 Å². The average molecular weight is 339 g/mol. The van der Waals surface area contributed by atoms with Gasteiger partial charge in [0, 0.05) is 33.6 Å². The minimum atomic E-state index is -0.185. The maximum Gasteiger partial charge on any atom is 0.319 e. The van der Waals surface area contributed by atoms with E-state index in [9.17, 15) is 9.59 Å². The highest BCUT2D eigenvalue weighted by Crippen LogP contribution is 2.22. The molecule has 2 heterocycles. The molecule has 8 heteroatoms. The zero-order valence-electron chi connectivity index (χ0n) is 14.0. The number of unbranched alkanes of at least 4 members (excludes halogenated alkanes) is 1. The van der Waals surface area contributed by atoms with Crippen LogP contribution < -0.4 is 5.32 Å². The molecule has 0 bridgehead atoms. The van der Waals surface area contributed by atoms with E-state index >= 15 is 0 Å². The van der Waals surface area contributed by atoms with Gasteiger partial charge in [0.15, 0.2) is 0 Å². The molecular weight excluding hydrogens is 314 g/mol. The van der Waals surface area contributed by atoms with Crippen molar-refractivity contribution in [3.63, 3.8) is 0 Å². The molecule has 0 aliphatic carbocycles. The second kappa shape index (κ2) is 8.24. The summed E-state index contributed by atoms with van der Waals surface area (Å²) in [6.45, 7) is 3.30. The molecule has 0 unspecified atom stereocenters. The highest BCUT2D eigenvalue weighted by Gasteiger charge is 2.29. The molecule has 0 aromatic carbocycles. The van der Waals surface area contributed by atoms with Gasteiger partial charge in [0.25, 0.3) is 0 Å². The second-order valence-electron chi connectivity index (χ2n) is 6.06. The van der Waals surface area contributed by atoms with Crippen molar-refractivity contribution in [2.24, 2.45) is 5.92 Å². The topological polar surface area (TPSA) is 78.4 Å². The van der Waals surface area contributed by atoms with Crippen LogP contribution in [0, 0.1) is 5.92 Å². The van der Waals surface area contributed by atoms with Gasteiger partial charge in [-0.15, -0.1) is 10.2 Å². The van der Waals surface area contributed by atoms with E-state index in [1.165, 1.54) is 11.3 Å². The maximum atomic E-state index is 12.4. The molecule has 1 saturated heterocycles. The molecule has 1 aliphatic heterocycles. The molecule has 1 aromatic heterocycles. The number of aryl methyl sites for hydroxylation is 1. The van der Waals surface area contributed by atoms with Gasteiger partial charge in [-0.1, -0.05) is 24.7 Å². The standard InChI is InChI=1S/C15H25N5O2S/c1-4-5-8-12-17-18-14(23-12)16-13(21)11-7-6-9-20(10-11)15(22)19(2)3/h11H,4-10H2,1-3H3,(H,16,18,21)/t11-/m0/s1. The number of amides is 3. The maximum absolute atomic E-state index is 12.4. The number of aromatic nitrogens is 2. The van der Waals surface area contributed by atoms with Crippen molar-refractivity contribution in [1.82, 2.24) is 20.0 Å². The van der Waals surface area contributed by atoms with Crippen LogP contribution in [0.4, 0.5) is 9.93 Å². The lowest BCUT2D eigenvalue weighted by Crippen LogP contribution is -2.47. The number of nitrogens with zero attached hydrogens (tertiary/aromatic N) is 4. The van der Waals surface area contributed by atoms with Crippen LogP contribution >= 0.6 is 11.3 Å². The molecule has 7 nitrogen and oxygen atoms in total. The molecule has 1 atom stereocenters. The van der Waals surface area contributed by atoms with E-state index in [1.807, 2.05) is 0 Å². The van der Waals surface area contributed by atoms with Crippen molar-refractivity contribution in [3.05, 3.63) is 5.01 Å². The lowest BCUT2D eigenvalue weighted by Gasteiger charge is -2.33. The Morgan fingerprint density at radius 1 is 1.39 bits per heavy atom. The van der Waals surface area contributed by atoms with Crippen molar-refractivity contribution in [1.29, 1.82) is 0 Å². The summed E-state index contributed by atoms with van der Waals surface area (Å²) in [5, 5.41) is 12.5. The van der Waals surface area contributed by atoms with Gasteiger partial charge in [0.05, 0.1) is 5.92 Å². The summed E-state index contributed by atoms with van der Waals surface area (Å²) in [5.74, 6) is -0.255. The molecule has 23 heavy (non-hydrogen) atoms. The van der Waals surface area contributed by atoms with Crippen molar-refractivity contribution >= 4 is 28.4 Å². The number of carbonyl (C=O) groups is 2. The SMILES string of the molecule is CCCCc1nnc(NC(=O)[C@H]2CCCN(C(=O)N(C)C)C2)s1. The predicted molar refractivity (Wildman–Crippen MR) is 90.5 cm³/mol. The third-order valence-electron chi connectivity index (χ3n) is 3.89. The van der Waals surface area contributed by atoms with Gasteiger partial charge >= 0.3 is 6.03 Å². The van der Waals surface area contributed by atoms with Gasteiger partial charge < -0.3 is 15.1 Å². The predicted octanol–water partition coefficient (Wildman–Crippen LogP) is 2.21. The fourth-order valence-corrected chi connectivity index (χ4v) is 3.37. The van der Waals surface area contributed by atoms with Gasteiger partial charge in [-0.25, -0.2) is 4.79 Å². The van der Waals surface area contributed by atoms with E-state index in [0.29, 0.717) is 18.2 Å². The van der Waals surface area contributed by atoms with Crippen LogP contribution in [0.25, 0.3) is 0 Å². The summed E-state index contributed by atoms with van der Waals surface area (Å²) in [6, 6.07) is -0.0414. The minimum absolute atomic E-state index is 0.0414. The smallest absolute Gasteiger partial charge is 0.319 e. The van der Waals surface area contributed by atoms with Gasteiger partial charge in [-0.05, 0) is 19.3 Å². The van der Waals surface area contributed by atoms with Crippen LogP contribution in [0.2, 0.25) is 0 Å². The van der Waals surface area contributed by atoms with E-state index < -0.39 is 0 Å². The van der Waals surface area contributed by atoms with Crippen molar-refractivity contribution in [2.45, 2.75) is 39.0 Å². The molecule has 0 saturated carbocycles. The van der Waals surface area contributed by atoms with E-state index in [4.69, 9.17) is 0 Å². The number of likely N-dealkylation sites (tertiary alicyclic amines) is 1. The monoisotopic (exact) mass is 339 g/mol. The molecule has 0 spiro atoms. The molecule has 1 N–H and O–H groups in total.